The fraction of sp³-hybridized carbons (Fsp3) is 0.226. The summed E-state index contributed by atoms with van der Waals surface area (Å²) in [6.07, 6.45) is 6.07. The summed E-state index contributed by atoms with van der Waals surface area (Å²) in [6, 6.07) is 49.3. The molecule has 70 heavy (non-hydrogen) atoms. The Balaban J connectivity index is 0.871. The molecule has 8 heteroatoms. The first-order valence-corrected chi connectivity index (χ1v) is 24.0. The maximum atomic E-state index is 13.7. The number of rotatable bonds is 13. The predicted molar refractivity (Wildman–Crippen MR) is 275 cm³/mol. The largest absolute Gasteiger partial charge is 0.497 e. The molecule has 0 N–H and O–H groups in total. The molecule has 0 aromatic heterocycles. The summed E-state index contributed by atoms with van der Waals surface area (Å²) < 4.78 is 23.2. The van der Waals surface area contributed by atoms with Gasteiger partial charge >= 0.3 is 17.9 Å². The van der Waals surface area contributed by atoms with Crippen LogP contribution >= 0.6 is 0 Å². The molecule has 8 aromatic rings. The second kappa shape index (κ2) is 19.6. The van der Waals surface area contributed by atoms with E-state index in [1.807, 2.05) is 98.8 Å². The maximum absolute atomic E-state index is 13.7. The van der Waals surface area contributed by atoms with Crippen molar-refractivity contribution in [2.45, 2.75) is 84.0 Å². The zero-order chi connectivity index (χ0) is 49.2. The molecule has 0 heterocycles. The Morgan fingerprint density at radius 1 is 0.529 bits per heavy atom. The van der Waals surface area contributed by atoms with Gasteiger partial charge in [-0.15, -0.1) is 0 Å². The van der Waals surface area contributed by atoms with Crippen LogP contribution in [0.3, 0.4) is 0 Å². The summed E-state index contributed by atoms with van der Waals surface area (Å²) >= 11 is 0. The standard InChI is InChI=1S/C62H56O8/c1-7-61(5,46-19-25-50(67-6)26-20-46)47-21-27-51(28-22-47)68-58(64)44-17-15-43-38-45(18-16-42(43)37-44)59(65)69-56-31-23-48(35-39(56)2)62(33-11-8-12-34-62)49-24-32-57(40(3)36-49)70-60(66)55-30-29-52(41(4)63)53-13-9-10-14-54(53)55/h9-10,13-32,35-38H,7-8,11-12,33-34H2,1-6H3. The van der Waals surface area contributed by atoms with Crippen molar-refractivity contribution in [3.63, 3.8) is 0 Å². The van der Waals surface area contributed by atoms with Crippen LogP contribution in [0, 0.1) is 13.8 Å². The summed E-state index contributed by atoms with van der Waals surface area (Å²) in [4.78, 5) is 52.9. The van der Waals surface area contributed by atoms with Gasteiger partial charge in [-0.2, -0.15) is 0 Å². The molecule has 0 spiro atoms. The van der Waals surface area contributed by atoms with Crippen molar-refractivity contribution in [3.8, 4) is 23.0 Å². The molecule has 0 bridgehead atoms. The van der Waals surface area contributed by atoms with Gasteiger partial charge in [0.1, 0.15) is 23.0 Å². The zero-order valence-corrected chi connectivity index (χ0v) is 40.5. The third-order valence-corrected chi connectivity index (χ3v) is 14.5. The fourth-order valence-corrected chi connectivity index (χ4v) is 10.2. The minimum atomic E-state index is -0.481. The average Bonchev–Trinajstić information content (AvgIpc) is 3.39. The van der Waals surface area contributed by atoms with Gasteiger partial charge in [-0.1, -0.05) is 118 Å². The monoisotopic (exact) mass is 928 g/mol. The van der Waals surface area contributed by atoms with E-state index in [9.17, 15) is 19.2 Å². The third-order valence-electron chi connectivity index (χ3n) is 14.5. The summed E-state index contributed by atoms with van der Waals surface area (Å²) in [5.74, 6) is 0.721. The molecule has 1 fully saturated rings. The number of methoxy groups -OCH3 is 1. The first-order chi connectivity index (χ1) is 33.8. The number of ether oxygens (including phenoxy) is 4. The summed E-state index contributed by atoms with van der Waals surface area (Å²) in [6.45, 7) is 9.81. The lowest BCUT2D eigenvalue weighted by atomic mass is 9.65. The van der Waals surface area contributed by atoms with Crippen molar-refractivity contribution in [1.29, 1.82) is 0 Å². The van der Waals surface area contributed by atoms with Gasteiger partial charge in [0.2, 0.25) is 0 Å². The molecule has 1 aliphatic rings. The van der Waals surface area contributed by atoms with Crippen LogP contribution in [0.2, 0.25) is 0 Å². The maximum Gasteiger partial charge on any atom is 0.344 e. The fourth-order valence-electron chi connectivity index (χ4n) is 10.2. The Bertz CT molecular complexity index is 3310. The molecule has 0 aliphatic heterocycles. The summed E-state index contributed by atoms with van der Waals surface area (Å²) in [5.41, 5.74) is 7.51. The Labute approximate surface area is 409 Å². The van der Waals surface area contributed by atoms with E-state index in [0.717, 1.165) is 88.3 Å². The smallest absolute Gasteiger partial charge is 0.344 e. The van der Waals surface area contributed by atoms with Crippen LogP contribution in [0.4, 0.5) is 0 Å². The van der Waals surface area contributed by atoms with Gasteiger partial charge in [-0.05, 0) is 168 Å². The Morgan fingerprint density at radius 2 is 1.01 bits per heavy atom. The minimum Gasteiger partial charge on any atom is -0.497 e. The van der Waals surface area contributed by atoms with E-state index in [1.165, 1.54) is 12.5 Å². The molecule has 352 valence electrons. The molecule has 8 aromatic carbocycles. The van der Waals surface area contributed by atoms with Crippen molar-refractivity contribution >= 4 is 45.2 Å². The quantitative estimate of drug-likeness (QED) is 0.0639. The number of benzene rings is 8. The molecular weight excluding hydrogens is 873 g/mol. The molecule has 8 nitrogen and oxygen atoms in total. The zero-order valence-electron chi connectivity index (χ0n) is 40.5. The molecule has 1 aliphatic carbocycles. The Kier molecular flexibility index (Phi) is 13.3. The number of fused-ring (bicyclic) bond motifs is 2. The molecule has 0 radical (unpaired) electrons. The number of hydrogen-bond donors (Lipinski definition) is 0. The molecular formula is C62H56O8. The van der Waals surface area contributed by atoms with Crippen molar-refractivity contribution < 1.29 is 38.1 Å². The highest BCUT2D eigenvalue weighted by molar-refractivity contribution is 6.13. The van der Waals surface area contributed by atoms with Crippen molar-refractivity contribution in [2.24, 2.45) is 0 Å². The number of esters is 3. The van der Waals surface area contributed by atoms with Crippen molar-refractivity contribution in [1.82, 2.24) is 0 Å². The average molecular weight is 929 g/mol. The van der Waals surface area contributed by atoms with Crippen molar-refractivity contribution in [3.05, 3.63) is 213 Å². The van der Waals surface area contributed by atoms with Gasteiger partial charge in [0.25, 0.3) is 0 Å². The third kappa shape index (κ3) is 9.21. The minimum absolute atomic E-state index is 0.0645. The lowest BCUT2D eigenvalue weighted by Crippen LogP contribution is -2.30. The first kappa shape index (κ1) is 47.2. The van der Waals surface area contributed by atoms with E-state index in [-0.39, 0.29) is 16.6 Å². The second-order valence-electron chi connectivity index (χ2n) is 18.7. The molecule has 1 unspecified atom stereocenters. The molecule has 1 atom stereocenters. The molecule has 1 saturated carbocycles. The van der Waals surface area contributed by atoms with Crippen LogP contribution in [0.1, 0.15) is 134 Å². The summed E-state index contributed by atoms with van der Waals surface area (Å²) in [7, 11) is 1.66. The lowest BCUT2D eigenvalue weighted by Gasteiger charge is -2.39. The van der Waals surface area contributed by atoms with Gasteiger partial charge in [0, 0.05) is 16.4 Å². The number of hydrogen-bond acceptors (Lipinski definition) is 8. The number of aryl methyl sites for hydroxylation is 2. The van der Waals surface area contributed by atoms with E-state index in [1.54, 1.807) is 43.5 Å². The van der Waals surface area contributed by atoms with Gasteiger partial charge in [-0.25, -0.2) is 14.4 Å². The highest BCUT2D eigenvalue weighted by Gasteiger charge is 2.37. The number of carbonyl (C=O) groups excluding carboxylic acids is 4. The highest BCUT2D eigenvalue weighted by Crippen LogP contribution is 2.47. The van der Waals surface area contributed by atoms with Crippen LogP contribution in [0.15, 0.2) is 158 Å². The molecule has 0 saturated heterocycles. The summed E-state index contributed by atoms with van der Waals surface area (Å²) in [5, 5.41) is 2.96. The Morgan fingerprint density at radius 3 is 1.51 bits per heavy atom. The van der Waals surface area contributed by atoms with Gasteiger partial charge in [0.15, 0.2) is 5.78 Å². The van der Waals surface area contributed by atoms with Gasteiger partial charge in [0.05, 0.1) is 23.8 Å². The van der Waals surface area contributed by atoms with E-state index >= 15 is 0 Å². The SMILES string of the molecule is CCC(C)(c1ccc(OC)cc1)c1ccc(OC(=O)c2ccc3cc(C(=O)Oc4ccc(C5(c6ccc(OC(=O)c7ccc(C(C)=O)c8ccccc78)c(C)c6)CCCCC5)cc4C)ccc3c2)cc1. The number of carbonyl (C=O) groups is 4. The highest BCUT2D eigenvalue weighted by atomic mass is 16.5. The normalized spacial score (nSPS) is 14.1. The van der Waals surface area contributed by atoms with Crippen LogP contribution in [0.5, 0.6) is 23.0 Å². The van der Waals surface area contributed by atoms with E-state index in [0.29, 0.717) is 44.9 Å². The van der Waals surface area contributed by atoms with Crippen LogP contribution in [0.25, 0.3) is 21.5 Å². The van der Waals surface area contributed by atoms with E-state index in [4.69, 9.17) is 18.9 Å². The van der Waals surface area contributed by atoms with Crippen LogP contribution < -0.4 is 18.9 Å². The first-order valence-electron chi connectivity index (χ1n) is 24.0. The predicted octanol–water partition coefficient (Wildman–Crippen LogP) is 14.4. The van der Waals surface area contributed by atoms with Gasteiger partial charge < -0.3 is 18.9 Å². The van der Waals surface area contributed by atoms with Gasteiger partial charge in [-0.3, -0.25) is 4.79 Å². The number of Topliss-reactive ketones (excluding diaryl/α,β-unsaturated/α-hetero) is 1. The molecule has 9 rings (SSSR count). The second-order valence-corrected chi connectivity index (χ2v) is 18.7. The number of ketones is 1. The van der Waals surface area contributed by atoms with E-state index < -0.39 is 17.9 Å². The topological polar surface area (TPSA) is 105 Å². The van der Waals surface area contributed by atoms with Crippen LogP contribution in [-0.4, -0.2) is 30.8 Å². The van der Waals surface area contributed by atoms with Crippen LogP contribution in [-0.2, 0) is 10.8 Å². The lowest BCUT2D eigenvalue weighted by molar-refractivity contribution is 0.0724. The van der Waals surface area contributed by atoms with E-state index in [2.05, 4.69) is 50.2 Å². The Hall–Kier alpha value is -7.84. The van der Waals surface area contributed by atoms with Crippen molar-refractivity contribution in [2.75, 3.05) is 7.11 Å². The molecule has 0 amide bonds.